The van der Waals surface area contributed by atoms with E-state index in [1.165, 1.54) is 0 Å². The first-order chi connectivity index (χ1) is 10.6. The second kappa shape index (κ2) is 6.32. The molecule has 0 atom stereocenters. The lowest BCUT2D eigenvalue weighted by atomic mass is 9.77. The van der Waals surface area contributed by atoms with Gasteiger partial charge in [-0.05, 0) is 31.4 Å². The lowest BCUT2D eigenvalue weighted by molar-refractivity contribution is -0.129. The number of carbonyl (C=O) groups is 1. The van der Waals surface area contributed by atoms with E-state index in [1.54, 1.807) is 7.11 Å². The minimum absolute atomic E-state index is 0.0406. The highest BCUT2D eigenvalue weighted by Crippen LogP contribution is 2.38. The topological polar surface area (TPSA) is 64.1 Å². The van der Waals surface area contributed by atoms with E-state index in [1.807, 2.05) is 24.3 Å². The highest BCUT2D eigenvalue weighted by molar-refractivity contribution is 7.10. The third-order valence-electron chi connectivity index (χ3n) is 4.05. The number of hydrogen-bond acceptors (Lipinski definition) is 5. The molecule has 1 N–H and O–H groups in total. The quantitative estimate of drug-likeness (QED) is 0.902. The summed E-state index contributed by atoms with van der Waals surface area (Å²) in [6, 6.07) is 7.44. The van der Waals surface area contributed by atoms with Gasteiger partial charge in [0, 0.05) is 29.9 Å². The Kier molecular flexibility index (Phi) is 4.42. The fourth-order valence-electron chi connectivity index (χ4n) is 2.62. The predicted molar refractivity (Wildman–Crippen MR) is 87.2 cm³/mol. The highest BCUT2D eigenvalue weighted by atomic mass is 35.5. The highest BCUT2D eigenvalue weighted by Gasteiger charge is 2.38. The third kappa shape index (κ3) is 3.14. The van der Waals surface area contributed by atoms with Crippen molar-refractivity contribution in [3.63, 3.8) is 0 Å². The Morgan fingerprint density at radius 2 is 2.32 bits per heavy atom. The number of halogens is 1. The second-order valence-corrected chi connectivity index (χ2v) is 6.80. The fraction of sp³-hybridized carbons (Fsp3) is 0.400. The van der Waals surface area contributed by atoms with Gasteiger partial charge in [-0.1, -0.05) is 28.2 Å². The summed E-state index contributed by atoms with van der Waals surface area (Å²) in [6.07, 6.45) is 3.38. The average molecular weight is 338 g/mol. The van der Waals surface area contributed by atoms with Gasteiger partial charge in [0.05, 0.1) is 12.0 Å². The standard InChI is InChI=1S/C15H16ClN3O2S/c1-21-15(6-3-7-15)9-12(20)17-11-5-2-4-10(8-11)13-14(16)22-19-18-13/h2,4-5,8H,3,6-7,9H2,1H3,(H,17,20). The molecule has 1 amide bonds. The summed E-state index contributed by atoms with van der Waals surface area (Å²) in [7, 11) is 1.67. The molecular weight excluding hydrogens is 322 g/mol. The Bertz CT molecular complexity index is 679. The number of carbonyl (C=O) groups excluding carboxylic acids is 1. The Labute approximate surface area is 137 Å². The summed E-state index contributed by atoms with van der Waals surface area (Å²) in [5.41, 5.74) is 1.91. The molecule has 0 unspecified atom stereocenters. The smallest absolute Gasteiger partial charge is 0.227 e. The monoisotopic (exact) mass is 337 g/mol. The molecule has 1 aromatic heterocycles. The number of hydrogen-bond donors (Lipinski definition) is 1. The van der Waals surface area contributed by atoms with Crippen molar-refractivity contribution in [1.82, 2.24) is 9.59 Å². The SMILES string of the molecule is COC1(CC(=O)Nc2cccc(-c3nnsc3Cl)c2)CCC1. The van der Waals surface area contributed by atoms with Gasteiger partial charge in [0.1, 0.15) is 10.0 Å². The van der Waals surface area contributed by atoms with Gasteiger partial charge >= 0.3 is 0 Å². The summed E-state index contributed by atoms with van der Waals surface area (Å²) in [5, 5.41) is 6.92. The van der Waals surface area contributed by atoms with Gasteiger partial charge in [0.25, 0.3) is 0 Å². The van der Waals surface area contributed by atoms with Crippen LogP contribution in [-0.4, -0.2) is 28.2 Å². The van der Waals surface area contributed by atoms with Gasteiger partial charge < -0.3 is 10.1 Å². The Hall–Kier alpha value is -1.50. The first-order valence-electron chi connectivity index (χ1n) is 7.05. The van der Waals surface area contributed by atoms with E-state index in [-0.39, 0.29) is 11.5 Å². The molecule has 1 fully saturated rings. The summed E-state index contributed by atoms with van der Waals surface area (Å²) < 4.78 is 9.85. The minimum Gasteiger partial charge on any atom is -0.378 e. The van der Waals surface area contributed by atoms with Crippen molar-refractivity contribution in [3.05, 3.63) is 28.6 Å². The summed E-state index contributed by atoms with van der Waals surface area (Å²) >= 11 is 7.20. The average Bonchev–Trinajstić information content (AvgIpc) is 2.89. The van der Waals surface area contributed by atoms with Crippen LogP contribution in [0, 0.1) is 0 Å². The molecule has 1 heterocycles. The van der Waals surface area contributed by atoms with Crippen LogP contribution in [0.1, 0.15) is 25.7 Å². The van der Waals surface area contributed by atoms with E-state index in [4.69, 9.17) is 16.3 Å². The number of aromatic nitrogens is 2. The van der Waals surface area contributed by atoms with E-state index in [0.29, 0.717) is 16.5 Å². The number of methoxy groups -OCH3 is 1. The number of ether oxygens (including phenoxy) is 1. The van der Waals surface area contributed by atoms with Gasteiger partial charge in [-0.2, -0.15) is 0 Å². The predicted octanol–water partition coefficient (Wildman–Crippen LogP) is 3.76. The van der Waals surface area contributed by atoms with Crippen LogP contribution in [-0.2, 0) is 9.53 Å². The number of amides is 1. The first kappa shape index (κ1) is 15.4. The van der Waals surface area contributed by atoms with E-state index < -0.39 is 0 Å². The molecule has 7 heteroatoms. The number of nitrogens with one attached hydrogen (secondary N) is 1. The zero-order valence-corrected chi connectivity index (χ0v) is 13.7. The molecule has 1 aliphatic carbocycles. The van der Waals surface area contributed by atoms with Crippen molar-refractivity contribution in [3.8, 4) is 11.3 Å². The number of rotatable bonds is 5. The van der Waals surface area contributed by atoms with E-state index in [0.717, 1.165) is 42.0 Å². The van der Waals surface area contributed by atoms with Crippen LogP contribution in [0.2, 0.25) is 4.34 Å². The van der Waals surface area contributed by atoms with Crippen LogP contribution in [0.15, 0.2) is 24.3 Å². The van der Waals surface area contributed by atoms with E-state index in [2.05, 4.69) is 14.9 Å². The maximum atomic E-state index is 12.2. The molecule has 5 nitrogen and oxygen atoms in total. The van der Waals surface area contributed by atoms with Crippen molar-refractivity contribution in [2.75, 3.05) is 12.4 Å². The molecule has 0 saturated heterocycles. The lowest BCUT2D eigenvalue weighted by Crippen LogP contribution is -2.42. The molecule has 0 radical (unpaired) electrons. The number of benzene rings is 1. The number of anilines is 1. The third-order valence-corrected chi connectivity index (χ3v) is 4.95. The van der Waals surface area contributed by atoms with Crippen LogP contribution in [0.25, 0.3) is 11.3 Å². The van der Waals surface area contributed by atoms with Crippen molar-refractivity contribution in [2.45, 2.75) is 31.3 Å². The Balaban J connectivity index is 1.70. The maximum Gasteiger partial charge on any atom is 0.227 e. The van der Waals surface area contributed by atoms with Crippen LogP contribution >= 0.6 is 23.1 Å². The zero-order chi connectivity index (χ0) is 15.6. The lowest BCUT2D eigenvalue weighted by Gasteiger charge is -2.39. The molecule has 22 heavy (non-hydrogen) atoms. The molecule has 3 rings (SSSR count). The van der Waals surface area contributed by atoms with Crippen LogP contribution in [0.5, 0.6) is 0 Å². The fourth-order valence-corrected chi connectivity index (χ4v) is 3.30. The molecule has 0 spiro atoms. The first-order valence-corrected chi connectivity index (χ1v) is 8.20. The Morgan fingerprint density at radius 3 is 2.91 bits per heavy atom. The van der Waals surface area contributed by atoms with E-state index >= 15 is 0 Å². The van der Waals surface area contributed by atoms with Crippen molar-refractivity contribution >= 4 is 34.7 Å². The molecule has 0 bridgehead atoms. The van der Waals surface area contributed by atoms with Gasteiger partial charge in [0.15, 0.2) is 0 Å². The van der Waals surface area contributed by atoms with Crippen molar-refractivity contribution < 1.29 is 9.53 Å². The van der Waals surface area contributed by atoms with Gasteiger partial charge in [-0.25, -0.2) is 0 Å². The molecule has 0 aliphatic heterocycles. The van der Waals surface area contributed by atoms with Crippen LogP contribution < -0.4 is 5.32 Å². The normalized spacial score (nSPS) is 16.1. The molecule has 116 valence electrons. The molecule has 1 saturated carbocycles. The summed E-state index contributed by atoms with van der Waals surface area (Å²) in [5.74, 6) is -0.0406. The zero-order valence-electron chi connectivity index (χ0n) is 12.1. The van der Waals surface area contributed by atoms with Crippen LogP contribution in [0.3, 0.4) is 0 Å². The van der Waals surface area contributed by atoms with Gasteiger partial charge in [0.2, 0.25) is 5.91 Å². The second-order valence-electron chi connectivity index (χ2n) is 5.44. The van der Waals surface area contributed by atoms with Crippen molar-refractivity contribution in [1.29, 1.82) is 0 Å². The van der Waals surface area contributed by atoms with Gasteiger partial charge in [-0.15, -0.1) is 5.10 Å². The van der Waals surface area contributed by atoms with Crippen molar-refractivity contribution in [2.24, 2.45) is 0 Å². The van der Waals surface area contributed by atoms with Gasteiger partial charge in [-0.3, -0.25) is 4.79 Å². The number of nitrogens with zero attached hydrogens (tertiary/aromatic N) is 2. The molecule has 1 aliphatic rings. The maximum absolute atomic E-state index is 12.2. The minimum atomic E-state index is -0.274. The summed E-state index contributed by atoms with van der Waals surface area (Å²) in [4.78, 5) is 12.2. The molecule has 2 aromatic rings. The van der Waals surface area contributed by atoms with E-state index in [9.17, 15) is 4.79 Å². The summed E-state index contributed by atoms with van der Waals surface area (Å²) in [6.45, 7) is 0. The Morgan fingerprint density at radius 1 is 1.50 bits per heavy atom. The molecular formula is C15H16ClN3O2S. The largest absolute Gasteiger partial charge is 0.378 e. The molecule has 1 aromatic carbocycles. The van der Waals surface area contributed by atoms with Crippen LogP contribution in [0.4, 0.5) is 5.69 Å².